The number of hydrogen-bond acceptors (Lipinski definition) is 3. The second kappa shape index (κ2) is 12.6. The fourth-order valence-corrected chi connectivity index (χ4v) is 5.34. The maximum absolute atomic E-state index is 5.00. The van der Waals surface area contributed by atoms with E-state index in [0.29, 0.717) is 0 Å². The fraction of sp³-hybridized carbons (Fsp3) is 0.0513. The molecule has 0 atom stereocenters. The summed E-state index contributed by atoms with van der Waals surface area (Å²) in [4.78, 5) is 13.2. The van der Waals surface area contributed by atoms with Gasteiger partial charge in [-0.1, -0.05) is 54.6 Å². The zero-order valence-electron chi connectivity index (χ0n) is 24.2. The Balaban J connectivity index is 1.000. The van der Waals surface area contributed by atoms with E-state index in [4.69, 9.17) is 4.98 Å². The lowest BCUT2D eigenvalue weighted by Crippen LogP contribution is -2.32. The topological polar surface area (TPSA) is 46.4 Å². The number of hydrogen-bond donors (Lipinski definition) is 0. The molecule has 2 aromatic carbocycles. The van der Waals surface area contributed by atoms with Crippen molar-refractivity contribution in [3.05, 3.63) is 176 Å². The maximum Gasteiger partial charge on any atom is 0.173 e. The quantitative estimate of drug-likeness (QED) is 0.182. The van der Waals surface area contributed by atoms with Crippen LogP contribution in [0.1, 0.15) is 11.1 Å². The Hall–Kier alpha value is -5.81. The molecular formula is C39H31N5+2. The van der Waals surface area contributed by atoms with Gasteiger partial charge in [-0.15, -0.1) is 0 Å². The van der Waals surface area contributed by atoms with Gasteiger partial charge in [-0.2, -0.15) is 0 Å². The molecule has 0 aliphatic heterocycles. The highest BCUT2D eigenvalue weighted by molar-refractivity contribution is 5.66. The van der Waals surface area contributed by atoms with Crippen molar-refractivity contribution >= 4 is 0 Å². The fourth-order valence-electron chi connectivity index (χ4n) is 5.34. The lowest BCUT2D eigenvalue weighted by Gasteiger charge is -2.07. The zero-order chi connectivity index (χ0) is 29.6. The minimum absolute atomic E-state index is 0.809. The van der Waals surface area contributed by atoms with Crippen LogP contribution in [0.5, 0.6) is 0 Å². The van der Waals surface area contributed by atoms with E-state index in [0.717, 1.165) is 35.6 Å². The molecule has 5 heterocycles. The Labute approximate surface area is 257 Å². The summed E-state index contributed by atoms with van der Waals surface area (Å²) in [6.07, 6.45) is 15.8. The van der Waals surface area contributed by atoms with Gasteiger partial charge in [0.05, 0.1) is 11.4 Å². The molecule has 0 unspecified atom stereocenters. The number of pyridine rings is 5. The van der Waals surface area contributed by atoms with Gasteiger partial charge in [0.15, 0.2) is 37.9 Å². The van der Waals surface area contributed by atoms with Crippen LogP contribution in [0.2, 0.25) is 0 Å². The summed E-state index contributed by atoms with van der Waals surface area (Å²) in [5.74, 6) is 0. The van der Waals surface area contributed by atoms with Crippen LogP contribution in [0.3, 0.4) is 0 Å². The molecule has 5 heteroatoms. The third kappa shape index (κ3) is 6.32. The first kappa shape index (κ1) is 27.0. The van der Waals surface area contributed by atoms with E-state index in [1.54, 1.807) is 0 Å². The van der Waals surface area contributed by atoms with Crippen molar-refractivity contribution in [2.75, 3.05) is 0 Å². The second-order valence-electron chi connectivity index (χ2n) is 10.8. The SMILES string of the molecule is c1cc(-c2ccc(C[n+]3ccc(-c4ccncc4)cc3)cc2)nc(-c2ccc(C[n+]3ccc(-c4ccncc4)cc3)cc2)c1. The number of nitrogens with zero attached hydrogens (tertiary/aromatic N) is 5. The minimum atomic E-state index is 0.809. The van der Waals surface area contributed by atoms with Crippen molar-refractivity contribution in [2.45, 2.75) is 13.1 Å². The summed E-state index contributed by atoms with van der Waals surface area (Å²) in [5, 5.41) is 0. The van der Waals surface area contributed by atoms with Crippen LogP contribution in [0.4, 0.5) is 0 Å². The summed E-state index contributed by atoms with van der Waals surface area (Å²) in [6, 6.07) is 40.3. The molecule has 0 amide bonds. The second-order valence-corrected chi connectivity index (χ2v) is 10.8. The molecule has 0 N–H and O–H groups in total. The van der Waals surface area contributed by atoms with Crippen LogP contribution in [0, 0.1) is 0 Å². The van der Waals surface area contributed by atoms with Crippen molar-refractivity contribution in [3.8, 4) is 44.8 Å². The smallest absolute Gasteiger partial charge is 0.173 e. The lowest BCUT2D eigenvalue weighted by molar-refractivity contribution is -0.688. The molecule has 0 saturated heterocycles. The molecule has 7 rings (SSSR count). The molecule has 0 spiro atoms. The van der Waals surface area contributed by atoms with Crippen LogP contribution in [-0.4, -0.2) is 15.0 Å². The third-order valence-corrected chi connectivity index (χ3v) is 7.79. The van der Waals surface area contributed by atoms with Crippen molar-refractivity contribution < 1.29 is 9.13 Å². The van der Waals surface area contributed by atoms with Gasteiger partial charge in [0.25, 0.3) is 0 Å². The highest BCUT2D eigenvalue weighted by Gasteiger charge is 2.09. The molecule has 0 fully saturated rings. The lowest BCUT2D eigenvalue weighted by atomic mass is 10.1. The third-order valence-electron chi connectivity index (χ3n) is 7.79. The van der Waals surface area contributed by atoms with Crippen LogP contribution in [0.15, 0.2) is 165 Å². The summed E-state index contributed by atoms with van der Waals surface area (Å²) in [7, 11) is 0. The van der Waals surface area contributed by atoms with Crippen molar-refractivity contribution in [1.29, 1.82) is 0 Å². The van der Waals surface area contributed by atoms with Crippen LogP contribution in [-0.2, 0) is 13.1 Å². The number of rotatable bonds is 8. The van der Waals surface area contributed by atoms with Crippen LogP contribution in [0.25, 0.3) is 44.8 Å². The molecule has 5 nitrogen and oxygen atoms in total. The average molecular weight is 570 g/mol. The zero-order valence-corrected chi connectivity index (χ0v) is 24.2. The van der Waals surface area contributed by atoms with E-state index in [1.807, 2.05) is 49.1 Å². The molecule has 0 aliphatic carbocycles. The molecule has 0 bridgehead atoms. The minimum Gasteiger partial charge on any atom is -0.265 e. The van der Waals surface area contributed by atoms with E-state index in [1.165, 1.54) is 33.4 Å². The highest BCUT2D eigenvalue weighted by Crippen LogP contribution is 2.24. The first-order valence-corrected chi connectivity index (χ1v) is 14.7. The van der Waals surface area contributed by atoms with Gasteiger partial charge in [0.2, 0.25) is 0 Å². The van der Waals surface area contributed by atoms with Gasteiger partial charge in [0.1, 0.15) is 0 Å². The Morgan fingerprint density at radius 2 is 0.727 bits per heavy atom. The monoisotopic (exact) mass is 569 g/mol. The molecule has 7 aromatic rings. The first-order chi connectivity index (χ1) is 21.8. The summed E-state index contributed by atoms with van der Waals surface area (Å²) in [6.45, 7) is 1.62. The Kier molecular flexibility index (Phi) is 7.74. The maximum atomic E-state index is 5.00. The molecule has 5 aromatic heterocycles. The summed E-state index contributed by atoms with van der Waals surface area (Å²) in [5.41, 5.74) is 11.4. The van der Waals surface area contributed by atoms with Crippen molar-refractivity contribution in [1.82, 2.24) is 15.0 Å². The highest BCUT2D eigenvalue weighted by atomic mass is 14.9. The Bertz CT molecular complexity index is 1810. The molecule has 210 valence electrons. The largest absolute Gasteiger partial charge is 0.265 e. The van der Waals surface area contributed by atoms with Crippen molar-refractivity contribution in [3.63, 3.8) is 0 Å². The van der Waals surface area contributed by atoms with Gasteiger partial charge < -0.3 is 0 Å². The van der Waals surface area contributed by atoms with E-state index < -0.39 is 0 Å². The molecular weight excluding hydrogens is 538 g/mol. The molecule has 44 heavy (non-hydrogen) atoms. The van der Waals surface area contributed by atoms with Gasteiger partial charge in [0, 0.05) is 71.3 Å². The normalized spacial score (nSPS) is 10.9. The predicted octanol–water partition coefficient (Wildman–Crippen LogP) is 7.21. The number of aromatic nitrogens is 5. The van der Waals surface area contributed by atoms with Crippen LogP contribution >= 0.6 is 0 Å². The van der Waals surface area contributed by atoms with Gasteiger partial charge in [-0.05, 0) is 58.7 Å². The van der Waals surface area contributed by atoms with Gasteiger partial charge in [-0.3, -0.25) is 9.97 Å². The Morgan fingerprint density at radius 1 is 0.364 bits per heavy atom. The molecule has 0 aliphatic rings. The van der Waals surface area contributed by atoms with Crippen LogP contribution < -0.4 is 9.13 Å². The molecule has 0 saturated carbocycles. The molecule has 0 radical (unpaired) electrons. The average Bonchev–Trinajstić information content (AvgIpc) is 3.10. The van der Waals surface area contributed by atoms with Gasteiger partial charge >= 0.3 is 0 Å². The van der Waals surface area contributed by atoms with E-state index >= 15 is 0 Å². The predicted molar refractivity (Wildman–Crippen MR) is 173 cm³/mol. The number of benzene rings is 2. The standard InChI is InChI=1S/C39H31N5/c1-2-38(36-8-4-30(5-9-36)28-43-24-16-34(17-25-43)32-12-20-40-21-13-32)42-39(3-1)37-10-6-31(7-11-37)29-44-26-18-35(19-27-44)33-14-22-41-23-15-33/h1-27H,28-29H2/q+2. The van der Waals surface area contributed by atoms with E-state index in [-0.39, 0.29) is 0 Å². The first-order valence-electron chi connectivity index (χ1n) is 14.7. The summed E-state index contributed by atoms with van der Waals surface area (Å²) >= 11 is 0. The Morgan fingerprint density at radius 3 is 1.11 bits per heavy atom. The van der Waals surface area contributed by atoms with Crippen molar-refractivity contribution in [2.24, 2.45) is 0 Å². The van der Waals surface area contributed by atoms with E-state index in [2.05, 4.69) is 135 Å². The van der Waals surface area contributed by atoms with E-state index in [9.17, 15) is 0 Å². The van der Waals surface area contributed by atoms with Gasteiger partial charge in [-0.25, -0.2) is 14.1 Å². The summed E-state index contributed by atoms with van der Waals surface area (Å²) < 4.78 is 4.39.